The first-order valence-corrected chi connectivity index (χ1v) is 5.18. The first-order chi connectivity index (χ1) is 6.22. The third-order valence-electron chi connectivity index (χ3n) is 3.65. The molecular weight excluding hydrogens is 166 g/mol. The van der Waals surface area contributed by atoms with Crippen LogP contribution in [-0.2, 0) is 4.79 Å². The number of piperidine rings is 1. The molecule has 1 unspecified atom stereocenters. The molecule has 1 aliphatic heterocycles. The second-order valence-corrected chi connectivity index (χ2v) is 4.52. The first-order valence-electron chi connectivity index (χ1n) is 5.18. The van der Waals surface area contributed by atoms with Gasteiger partial charge in [-0.3, -0.25) is 4.79 Å². The Morgan fingerprint density at radius 1 is 1.31 bits per heavy atom. The molecular formula is C10H17NO2. The largest absolute Gasteiger partial charge is 0.480 e. The molecule has 13 heavy (non-hydrogen) atoms. The first kappa shape index (κ1) is 9.00. The van der Waals surface area contributed by atoms with Gasteiger partial charge in [0.05, 0.1) is 0 Å². The van der Waals surface area contributed by atoms with Crippen molar-refractivity contribution in [3.8, 4) is 0 Å². The van der Waals surface area contributed by atoms with Gasteiger partial charge >= 0.3 is 5.97 Å². The minimum absolute atomic E-state index is 0.286. The van der Waals surface area contributed by atoms with Crippen molar-refractivity contribution < 1.29 is 9.90 Å². The molecule has 0 aromatic heterocycles. The van der Waals surface area contributed by atoms with Crippen LogP contribution in [0, 0.1) is 5.41 Å². The predicted molar refractivity (Wildman–Crippen MR) is 49.6 cm³/mol. The highest BCUT2D eigenvalue weighted by molar-refractivity contribution is 5.73. The summed E-state index contributed by atoms with van der Waals surface area (Å²) in [5.74, 6) is -0.687. The summed E-state index contributed by atoms with van der Waals surface area (Å²) in [6.07, 6.45) is 7.18. The monoisotopic (exact) mass is 183 g/mol. The molecule has 1 saturated carbocycles. The summed E-state index contributed by atoms with van der Waals surface area (Å²) < 4.78 is 0. The van der Waals surface area contributed by atoms with Gasteiger partial charge in [-0.2, -0.15) is 0 Å². The van der Waals surface area contributed by atoms with Gasteiger partial charge in [-0.25, -0.2) is 0 Å². The van der Waals surface area contributed by atoms with E-state index in [1.165, 1.54) is 25.7 Å². The van der Waals surface area contributed by atoms with Crippen molar-refractivity contribution in [1.29, 1.82) is 0 Å². The minimum Gasteiger partial charge on any atom is -0.480 e. The van der Waals surface area contributed by atoms with E-state index in [1.54, 1.807) is 0 Å². The summed E-state index contributed by atoms with van der Waals surface area (Å²) in [6, 6.07) is -0.286. The maximum Gasteiger partial charge on any atom is 0.320 e. The van der Waals surface area contributed by atoms with Crippen LogP contribution in [0.25, 0.3) is 0 Å². The van der Waals surface area contributed by atoms with Gasteiger partial charge in [-0.1, -0.05) is 12.8 Å². The molecule has 3 nitrogen and oxygen atoms in total. The van der Waals surface area contributed by atoms with Gasteiger partial charge in [0.15, 0.2) is 0 Å². The Morgan fingerprint density at radius 2 is 2.00 bits per heavy atom. The Balaban J connectivity index is 1.91. The van der Waals surface area contributed by atoms with Crippen LogP contribution in [0.3, 0.4) is 0 Å². The quantitative estimate of drug-likeness (QED) is 0.645. The average molecular weight is 183 g/mol. The molecule has 0 amide bonds. The fourth-order valence-corrected chi connectivity index (χ4v) is 2.74. The highest BCUT2D eigenvalue weighted by Crippen LogP contribution is 2.43. The van der Waals surface area contributed by atoms with Crippen molar-refractivity contribution in [2.45, 2.75) is 44.6 Å². The Labute approximate surface area is 78.5 Å². The third-order valence-corrected chi connectivity index (χ3v) is 3.65. The normalized spacial score (nSPS) is 32.2. The van der Waals surface area contributed by atoms with Crippen LogP contribution in [0.5, 0.6) is 0 Å². The van der Waals surface area contributed by atoms with Crippen LogP contribution in [0.15, 0.2) is 0 Å². The second-order valence-electron chi connectivity index (χ2n) is 4.52. The Morgan fingerprint density at radius 3 is 2.46 bits per heavy atom. The zero-order chi connectivity index (χ0) is 9.31. The summed E-state index contributed by atoms with van der Waals surface area (Å²) in [5, 5.41) is 12.0. The molecule has 2 N–H and O–H groups in total. The van der Waals surface area contributed by atoms with Crippen LogP contribution in [0.2, 0.25) is 0 Å². The number of hydrogen-bond donors (Lipinski definition) is 2. The van der Waals surface area contributed by atoms with Crippen LogP contribution < -0.4 is 5.32 Å². The Kier molecular flexibility index (Phi) is 2.28. The predicted octanol–water partition coefficient (Wildman–Crippen LogP) is 1.38. The highest BCUT2D eigenvalue weighted by Gasteiger charge is 2.38. The van der Waals surface area contributed by atoms with E-state index in [0.717, 1.165) is 19.4 Å². The lowest BCUT2D eigenvalue weighted by Crippen LogP contribution is -2.48. The van der Waals surface area contributed by atoms with E-state index < -0.39 is 5.97 Å². The van der Waals surface area contributed by atoms with Gasteiger partial charge in [-0.15, -0.1) is 0 Å². The van der Waals surface area contributed by atoms with E-state index >= 15 is 0 Å². The average Bonchev–Trinajstić information content (AvgIpc) is 2.54. The SMILES string of the molecule is O=C(O)C1CCC2(CCCC2)CN1. The lowest BCUT2D eigenvalue weighted by Gasteiger charge is -2.36. The summed E-state index contributed by atoms with van der Waals surface area (Å²) in [6.45, 7) is 0.921. The summed E-state index contributed by atoms with van der Waals surface area (Å²) in [7, 11) is 0. The van der Waals surface area contributed by atoms with Crippen molar-refractivity contribution in [3.63, 3.8) is 0 Å². The van der Waals surface area contributed by atoms with Gasteiger partial charge in [0.2, 0.25) is 0 Å². The molecule has 3 heteroatoms. The molecule has 2 rings (SSSR count). The fraction of sp³-hybridized carbons (Fsp3) is 0.900. The standard InChI is InChI=1S/C10H17NO2/c12-9(13)8-3-6-10(7-11-8)4-1-2-5-10/h8,11H,1-7H2,(H,12,13). The fourth-order valence-electron chi connectivity index (χ4n) is 2.74. The maximum absolute atomic E-state index is 10.7. The molecule has 1 saturated heterocycles. The van der Waals surface area contributed by atoms with Crippen molar-refractivity contribution in [2.24, 2.45) is 5.41 Å². The van der Waals surface area contributed by atoms with Crippen molar-refractivity contribution >= 4 is 5.97 Å². The van der Waals surface area contributed by atoms with Gasteiger partial charge < -0.3 is 10.4 Å². The number of carbonyl (C=O) groups is 1. The van der Waals surface area contributed by atoms with Crippen LogP contribution >= 0.6 is 0 Å². The smallest absolute Gasteiger partial charge is 0.320 e. The van der Waals surface area contributed by atoms with E-state index in [0.29, 0.717) is 5.41 Å². The third kappa shape index (κ3) is 1.70. The number of hydrogen-bond acceptors (Lipinski definition) is 2. The summed E-state index contributed by atoms with van der Waals surface area (Å²) in [5.41, 5.74) is 0.464. The van der Waals surface area contributed by atoms with E-state index in [1.807, 2.05) is 0 Å². The molecule has 2 aliphatic rings. The molecule has 0 aromatic rings. The topological polar surface area (TPSA) is 49.3 Å². The highest BCUT2D eigenvalue weighted by atomic mass is 16.4. The van der Waals surface area contributed by atoms with Crippen molar-refractivity contribution in [3.05, 3.63) is 0 Å². The molecule has 1 aliphatic carbocycles. The lowest BCUT2D eigenvalue weighted by molar-refractivity contribution is -0.140. The number of aliphatic carboxylic acids is 1. The molecule has 0 radical (unpaired) electrons. The van der Waals surface area contributed by atoms with E-state index in [4.69, 9.17) is 5.11 Å². The van der Waals surface area contributed by atoms with Crippen molar-refractivity contribution in [1.82, 2.24) is 5.32 Å². The molecule has 74 valence electrons. The number of carboxylic acids is 1. The van der Waals surface area contributed by atoms with Crippen LogP contribution in [0.4, 0.5) is 0 Å². The molecule has 2 fully saturated rings. The van der Waals surface area contributed by atoms with Crippen LogP contribution in [-0.4, -0.2) is 23.7 Å². The summed E-state index contributed by atoms with van der Waals surface area (Å²) >= 11 is 0. The molecule has 0 bridgehead atoms. The van der Waals surface area contributed by atoms with E-state index in [2.05, 4.69) is 5.32 Å². The lowest BCUT2D eigenvalue weighted by atomic mass is 9.77. The van der Waals surface area contributed by atoms with Gasteiger partial charge in [0.1, 0.15) is 6.04 Å². The number of nitrogens with one attached hydrogen (secondary N) is 1. The van der Waals surface area contributed by atoms with E-state index in [9.17, 15) is 4.79 Å². The second kappa shape index (κ2) is 3.29. The molecule has 1 atom stereocenters. The van der Waals surface area contributed by atoms with Crippen LogP contribution in [0.1, 0.15) is 38.5 Å². The Bertz CT molecular complexity index is 199. The minimum atomic E-state index is -0.687. The Hall–Kier alpha value is -0.570. The maximum atomic E-state index is 10.7. The zero-order valence-electron chi connectivity index (χ0n) is 7.88. The number of carboxylic acid groups (broad SMARTS) is 1. The van der Waals surface area contributed by atoms with Gasteiger partial charge in [0.25, 0.3) is 0 Å². The molecule has 1 spiro atoms. The van der Waals surface area contributed by atoms with Gasteiger partial charge in [0, 0.05) is 6.54 Å². The zero-order valence-corrected chi connectivity index (χ0v) is 7.88. The van der Waals surface area contributed by atoms with Gasteiger partial charge in [-0.05, 0) is 31.1 Å². The number of rotatable bonds is 1. The molecule has 0 aromatic carbocycles. The van der Waals surface area contributed by atoms with Crippen molar-refractivity contribution in [2.75, 3.05) is 6.54 Å². The summed E-state index contributed by atoms with van der Waals surface area (Å²) in [4.78, 5) is 10.7. The molecule has 1 heterocycles. The van der Waals surface area contributed by atoms with E-state index in [-0.39, 0.29) is 6.04 Å².